The molecule has 0 aliphatic heterocycles. The predicted octanol–water partition coefficient (Wildman–Crippen LogP) is 2.93. The predicted molar refractivity (Wildman–Crippen MR) is 84.8 cm³/mol. The van der Waals surface area contributed by atoms with Crippen molar-refractivity contribution < 1.29 is 14.6 Å². The lowest BCUT2D eigenvalue weighted by Gasteiger charge is -2.10. The first kappa shape index (κ1) is 14.6. The van der Waals surface area contributed by atoms with Gasteiger partial charge in [0.1, 0.15) is 5.75 Å². The van der Waals surface area contributed by atoms with E-state index >= 15 is 0 Å². The molecule has 2 atom stereocenters. The Kier molecular flexibility index (Phi) is 4.11. The number of carbonyl (C=O) groups excluding carboxylic acids is 1. The molecule has 0 radical (unpaired) electrons. The summed E-state index contributed by atoms with van der Waals surface area (Å²) in [5.41, 5.74) is 2.57. The smallest absolute Gasteiger partial charge is 0.228 e. The average Bonchev–Trinajstić information content (AvgIpc) is 3.36. The van der Waals surface area contributed by atoms with E-state index in [4.69, 9.17) is 4.74 Å². The highest BCUT2D eigenvalue weighted by atomic mass is 16.5. The molecule has 4 heteroatoms. The summed E-state index contributed by atoms with van der Waals surface area (Å²) in [5.74, 6) is 0.996. The third-order valence-corrected chi connectivity index (χ3v) is 4.07. The number of amides is 1. The van der Waals surface area contributed by atoms with Gasteiger partial charge < -0.3 is 15.2 Å². The van der Waals surface area contributed by atoms with Gasteiger partial charge in [-0.2, -0.15) is 0 Å². The Hall–Kier alpha value is -2.33. The highest BCUT2D eigenvalue weighted by Crippen LogP contribution is 2.47. The summed E-state index contributed by atoms with van der Waals surface area (Å²) in [4.78, 5) is 12.3. The first-order chi connectivity index (χ1) is 10.7. The number of ether oxygens (including phenoxy) is 1. The van der Waals surface area contributed by atoms with E-state index in [-0.39, 0.29) is 18.4 Å². The zero-order chi connectivity index (χ0) is 15.5. The normalized spacial score (nSPS) is 19.5. The van der Waals surface area contributed by atoms with Crippen LogP contribution in [0.1, 0.15) is 23.5 Å². The zero-order valence-corrected chi connectivity index (χ0v) is 12.5. The molecule has 0 aromatic heterocycles. The summed E-state index contributed by atoms with van der Waals surface area (Å²) in [6.45, 7) is -0.122. The van der Waals surface area contributed by atoms with Crippen molar-refractivity contribution in [3.63, 3.8) is 0 Å². The van der Waals surface area contributed by atoms with Crippen LogP contribution in [0.3, 0.4) is 0 Å². The molecular weight excluding hydrogens is 278 g/mol. The first-order valence-electron chi connectivity index (χ1n) is 7.36. The molecule has 2 aromatic rings. The van der Waals surface area contributed by atoms with Gasteiger partial charge in [-0.25, -0.2) is 0 Å². The van der Waals surface area contributed by atoms with Crippen LogP contribution < -0.4 is 10.1 Å². The molecule has 1 aliphatic rings. The molecule has 0 bridgehead atoms. The van der Waals surface area contributed by atoms with Gasteiger partial charge in [0.05, 0.1) is 13.7 Å². The van der Waals surface area contributed by atoms with Gasteiger partial charge >= 0.3 is 0 Å². The van der Waals surface area contributed by atoms with Crippen LogP contribution in [0.25, 0.3) is 0 Å². The molecule has 0 heterocycles. The summed E-state index contributed by atoms with van der Waals surface area (Å²) in [5, 5.41) is 12.3. The SMILES string of the molecule is COc1ccc(NC(=O)C2CC2c2ccccc2)cc1CO. The highest BCUT2D eigenvalue weighted by molar-refractivity contribution is 5.95. The molecule has 2 unspecified atom stereocenters. The Balaban J connectivity index is 1.66. The third kappa shape index (κ3) is 2.97. The minimum Gasteiger partial charge on any atom is -0.496 e. The Bertz CT molecular complexity index is 669. The number of aliphatic hydroxyl groups excluding tert-OH is 1. The van der Waals surface area contributed by atoms with Crippen molar-refractivity contribution in [2.75, 3.05) is 12.4 Å². The van der Waals surface area contributed by atoms with Gasteiger partial charge in [0, 0.05) is 17.2 Å². The number of methoxy groups -OCH3 is 1. The number of aliphatic hydroxyl groups is 1. The van der Waals surface area contributed by atoms with Crippen molar-refractivity contribution in [3.8, 4) is 5.75 Å². The molecule has 0 spiro atoms. The molecule has 0 saturated heterocycles. The summed E-state index contributed by atoms with van der Waals surface area (Å²) < 4.78 is 5.16. The second-order valence-corrected chi connectivity index (χ2v) is 5.53. The Labute approximate surface area is 129 Å². The monoisotopic (exact) mass is 297 g/mol. The number of carbonyl (C=O) groups is 1. The minimum atomic E-state index is -0.122. The summed E-state index contributed by atoms with van der Waals surface area (Å²) in [7, 11) is 1.56. The van der Waals surface area contributed by atoms with Crippen LogP contribution in [0.15, 0.2) is 48.5 Å². The van der Waals surface area contributed by atoms with E-state index in [9.17, 15) is 9.90 Å². The number of anilines is 1. The van der Waals surface area contributed by atoms with Crippen molar-refractivity contribution in [2.24, 2.45) is 5.92 Å². The molecule has 3 rings (SSSR count). The summed E-state index contributed by atoms with van der Waals surface area (Å²) in [6, 6.07) is 15.4. The minimum absolute atomic E-state index is 0.0297. The largest absolute Gasteiger partial charge is 0.496 e. The molecule has 1 amide bonds. The van der Waals surface area contributed by atoms with Crippen LogP contribution in [0.5, 0.6) is 5.75 Å². The molecular formula is C18H19NO3. The van der Waals surface area contributed by atoms with Crippen molar-refractivity contribution in [1.82, 2.24) is 0 Å². The van der Waals surface area contributed by atoms with Crippen molar-refractivity contribution >= 4 is 11.6 Å². The van der Waals surface area contributed by atoms with E-state index in [2.05, 4.69) is 17.4 Å². The standard InChI is InChI=1S/C18H19NO3/c1-22-17-8-7-14(9-13(17)11-20)19-18(21)16-10-15(16)12-5-3-2-4-6-12/h2-9,15-16,20H,10-11H2,1H3,(H,19,21). The maximum atomic E-state index is 12.3. The van der Waals surface area contributed by atoms with Crippen LogP contribution in [0.2, 0.25) is 0 Å². The van der Waals surface area contributed by atoms with Gasteiger partial charge in [0.25, 0.3) is 0 Å². The second-order valence-electron chi connectivity index (χ2n) is 5.53. The lowest BCUT2D eigenvalue weighted by atomic mass is 10.1. The summed E-state index contributed by atoms with van der Waals surface area (Å²) >= 11 is 0. The topological polar surface area (TPSA) is 58.6 Å². The number of rotatable bonds is 5. The molecule has 4 nitrogen and oxygen atoms in total. The van der Waals surface area contributed by atoms with E-state index in [1.54, 1.807) is 25.3 Å². The quantitative estimate of drug-likeness (QED) is 0.892. The maximum absolute atomic E-state index is 12.3. The third-order valence-electron chi connectivity index (χ3n) is 4.07. The average molecular weight is 297 g/mol. The molecule has 114 valence electrons. The van der Waals surface area contributed by atoms with E-state index in [1.807, 2.05) is 18.2 Å². The molecule has 2 aromatic carbocycles. The fourth-order valence-electron chi connectivity index (χ4n) is 2.77. The van der Waals surface area contributed by atoms with Crippen LogP contribution in [-0.4, -0.2) is 18.1 Å². The zero-order valence-electron chi connectivity index (χ0n) is 12.5. The van der Waals surface area contributed by atoms with Crippen LogP contribution in [0.4, 0.5) is 5.69 Å². The lowest BCUT2D eigenvalue weighted by molar-refractivity contribution is -0.117. The van der Waals surface area contributed by atoms with Gasteiger partial charge in [-0.1, -0.05) is 30.3 Å². The van der Waals surface area contributed by atoms with Crippen molar-refractivity contribution in [1.29, 1.82) is 0 Å². The lowest BCUT2D eigenvalue weighted by Crippen LogP contribution is -2.14. The summed E-state index contributed by atoms with van der Waals surface area (Å²) in [6.07, 6.45) is 0.888. The number of hydrogen-bond acceptors (Lipinski definition) is 3. The fraction of sp³-hybridized carbons (Fsp3) is 0.278. The van der Waals surface area contributed by atoms with Crippen molar-refractivity contribution in [3.05, 3.63) is 59.7 Å². The van der Waals surface area contributed by atoms with Gasteiger partial charge in [-0.15, -0.1) is 0 Å². The van der Waals surface area contributed by atoms with Crippen LogP contribution in [-0.2, 0) is 11.4 Å². The molecule has 2 N–H and O–H groups in total. The number of benzene rings is 2. The Morgan fingerprint density at radius 3 is 2.73 bits per heavy atom. The number of nitrogens with one attached hydrogen (secondary N) is 1. The van der Waals surface area contributed by atoms with E-state index in [0.29, 0.717) is 22.9 Å². The Morgan fingerprint density at radius 2 is 2.05 bits per heavy atom. The Morgan fingerprint density at radius 1 is 1.27 bits per heavy atom. The van der Waals surface area contributed by atoms with Crippen LogP contribution in [0, 0.1) is 5.92 Å². The maximum Gasteiger partial charge on any atom is 0.228 e. The molecule has 22 heavy (non-hydrogen) atoms. The van der Waals surface area contributed by atoms with E-state index in [1.165, 1.54) is 5.56 Å². The number of hydrogen-bond donors (Lipinski definition) is 2. The van der Waals surface area contributed by atoms with E-state index in [0.717, 1.165) is 6.42 Å². The van der Waals surface area contributed by atoms with Gasteiger partial charge in [-0.3, -0.25) is 4.79 Å². The fourth-order valence-corrected chi connectivity index (χ4v) is 2.77. The van der Waals surface area contributed by atoms with Gasteiger partial charge in [0.15, 0.2) is 0 Å². The van der Waals surface area contributed by atoms with Gasteiger partial charge in [-0.05, 0) is 36.1 Å². The molecule has 1 aliphatic carbocycles. The van der Waals surface area contributed by atoms with Crippen molar-refractivity contribution in [2.45, 2.75) is 18.9 Å². The van der Waals surface area contributed by atoms with E-state index < -0.39 is 0 Å². The van der Waals surface area contributed by atoms with Crippen LogP contribution >= 0.6 is 0 Å². The highest BCUT2D eigenvalue weighted by Gasteiger charge is 2.43. The molecule has 1 fully saturated rings. The second kappa shape index (κ2) is 6.20. The first-order valence-corrected chi connectivity index (χ1v) is 7.36. The molecule has 1 saturated carbocycles. The van der Waals surface area contributed by atoms with Gasteiger partial charge in [0.2, 0.25) is 5.91 Å².